The summed E-state index contributed by atoms with van der Waals surface area (Å²) in [4.78, 5) is 37.4. The van der Waals surface area contributed by atoms with Crippen LogP contribution in [0.4, 0.5) is 5.69 Å². The molecule has 1 aliphatic rings. The number of imide groups is 1. The van der Waals surface area contributed by atoms with Crippen molar-refractivity contribution in [3.63, 3.8) is 0 Å². The second kappa shape index (κ2) is 6.75. The fourth-order valence-corrected chi connectivity index (χ4v) is 3.16. The lowest BCUT2D eigenvalue weighted by molar-refractivity contribution is -0.139. The predicted molar refractivity (Wildman–Crippen MR) is 87.9 cm³/mol. The van der Waals surface area contributed by atoms with E-state index in [1.54, 1.807) is 23.5 Å². The van der Waals surface area contributed by atoms with E-state index in [0.717, 1.165) is 10.4 Å². The molecule has 3 amide bonds. The lowest BCUT2D eigenvalue weighted by Gasteiger charge is -2.14. The highest BCUT2D eigenvalue weighted by atomic mass is 32.1. The maximum atomic E-state index is 11.9. The molecule has 0 unspecified atom stereocenters. The van der Waals surface area contributed by atoms with Crippen molar-refractivity contribution in [1.29, 1.82) is 0 Å². The molecule has 2 aromatic rings. The number of carbonyl (C=O) groups is 3. The van der Waals surface area contributed by atoms with Gasteiger partial charge in [0.15, 0.2) is 0 Å². The molecule has 2 heterocycles. The van der Waals surface area contributed by atoms with E-state index in [9.17, 15) is 14.4 Å². The third-order valence-corrected chi connectivity index (χ3v) is 4.52. The third kappa shape index (κ3) is 3.84. The quantitative estimate of drug-likeness (QED) is 0.858. The summed E-state index contributed by atoms with van der Waals surface area (Å²) in [5.41, 5.74) is 1.57. The molecule has 1 aromatic carbocycles. The molecular weight excluding hydrogens is 312 g/mol. The van der Waals surface area contributed by atoms with Gasteiger partial charge in [0.1, 0.15) is 0 Å². The first kappa shape index (κ1) is 15.4. The van der Waals surface area contributed by atoms with Gasteiger partial charge in [0.2, 0.25) is 17.7 Å². The normalized spacial score (nSPS) is 14.3. The van der Waals surface area contributed by atoms with Gasteiger partial charge in [-0.2, -0.15) is 0 Å². The smallest absolute Gasteiger partial charge is 0.229 e. The van der Waals surface area contributed by atoms with E-state index < -0.39 is 0 Å². The van der Waals surface area contributed by atoms with Crippen molar-refractivity contribution in [2.24, 2.45) is 0 Å². The van der Waals surface area contributed by atoms with Crippen LogP contribution < -0.4 is 5.32 Å². The molecule has 118 valence electrons. The van der Waals surface area contributed by atoms with E-state index in [4.69, 9.17) is 0 Å². The van der Waals surface area contributed by atoms with Gasteiger partial charge in [-0.25, -0.2) is 0 Å². The molecule has 0 atom stereocenters. The Labute approximate surface area is 137 Å². The number of nitrogens with zero attached hydrogens (tertiary/aromatic N) is 1. The molecule has 6 heteroatoms. The van der Waals surface area contributed by atoms with Gasteiger partial charge >= 0.3 is 0 Å². The summed E-state index contributed by atoms with van der Waals surface area (Å²) in [7, 11) is 0. The zero-order valence-electron chi connectivity index (χ0n) is 12.5. The van der Waals surface area contributed by atoms with Gasteiger partial charge in [-0.1, -0.05) is 18.2 Å². The van der Waals surface area contributed by atoms with Gasteiger partial charge in [0, 0.05) is 23.4 Å². The number of hydrogen-bond acceptors (Lipinski definition) is 4. The Morgan fingerprint density at radius 2 is 1.78 bits per heavy atom. The third-order valence-electron chi connectivity index (χ3n) is 3.65. The summed E-state index contributed by atoms with van der Waals surface area (Å²) in [5.74, 6) is -0.309. The van der Waals surface area contributed by atoms with Crippen molar-refractivity contribution in [1.82, 2.24) is 4.90 Å². The molecule has 23 heavy (non-hydrogen) atoms. The molecule has 0 radical (unpaired) electrons. The van der Waals surface area contributed by atoms with Crippen molar-refractivity contribution in [3.05, 3.63) is 52.2 Å². The molecule has 0 aliphatic carbocycles. The van der Waals surface area contributed by atoms with Crippen LogP contribution in [0.15, 0.2) is 41.8 Å². The van der Waals surface area contributed by atoms with Crippen LogP contribution in [-0.4, -0.2) is 22.6 Å². The van der Waals surface area contributed by atoms with Gasteiger partial charge in [-0.05, 0) is 29.1 Å². The Hall–Kier alpha value is -2.47. The van der Waals surface area contributed by atoms with Crippen LogP contribution in [0.25, 0.3) is 0 Å². The zero-order valence-corrected chi connectivity index (χ0v) is 13.3. The maximum Gasteiger partial charge on any atom is 0.229 e. The minimum atomic E-state index is -0.122. The first-order chi connectivity index (χ1) is 11.1. The highest BCUT2D eigenvalue weighted by Crippen LogP contribution is 2.18. The van der Waals surface area contributed by atoms with Gasteiger partial charge in [0.25, 0.3) is 0 Å². The SMILES string of the molecule is O=C(Cc1cccs1)Nc1ccc(CN2C(=O)CCC2=O)cc1. The van der Waals surface area contributed by atoms with Crippen molar-refractivity contribution in [2.75, 3.05) is 5.32 Å². The molecule has 1 N–H and O–H groups in total. The van der Waals surface area contributed by atoms with Gasteiger partial charge < -0.3 is 5.32 Å². The number of anilines is 1. The second-order valence-electron chi connectivity index (χ2n) is 5.37. The number of likely N-dealkylation sites (tertiary alicyclic amines) is 1. The molecule has 0 saturated carbocycles. The number of amides is 3. The number of nitrogens with one attached hydrogen (secondary N) is 1. The maximum absolute atomic E-state index is 11.9. The van der Waals surface area contributed by atoms with Crippen LogP contribution in [0, 0.1) is 0 Å². The van der Waals surface area contributed by atoms with Crippen LogP contribution in [0.3, 0.4) is 0 Å². The van der Waals surface area contributed by atoms with Crippen LogP contribution in [-0.2, 0) is 27.3 Å². The fourth-order valence-electron chi connectivity index (χ4n) is 2.45. The summed E-state index contributed by atoms with van der Waals surface area (Å²) in [6, 6.07) is 11.1. The van der Waals surface area contributed by atoms with E-state index in [1.807, 2.05) is 29.6 Å². The average Bonchev–Trinajstić information content (AvgIpc) is 3.14. The minimum Gasteiger partial charge on any atom is -0.326 e. The predicted octanol–water partition coefficient (Wildman–Crippen LogP) is 2.58. The standard InChI is InChI=1S/C17H16N2O3S/c20-15(10-14-2-1-9-23-14)18-13-5-3-12(4-6-13)11-19-16(21)7-8-17(19)22/h1-6,9H,7-8,10-11H2,(H,18,20). The lowest BCUT2D eigenvalue weighted by Crippen LogP contribution is -2.28. The Bertz CT molecular complexity index is 707. The summed E-state index contributed by atoms with van der Waals surface area (Å²) in [6.45, 7) is 0.293. The molecule has 1 saturated heterocycles. The summed E-state index contributed by atoms with van der Waals surface area (Å²) < 4.78 is 0. The average molecular weight is 328 g/mol. The molecule has 0 bridgehead atoms. The van der Waals surface area contributed by atoms with E-state index in [1.165, 1.54) is 4.90 Å². The number of hydrogen-bond donors (Lipinski definition) is 1. The van der Waals surface area contributed by atoms with Gasteiger partial charge in [0.05, 0.1) is 13.0 Å². The van der Waals surface area contributed by atoms with Crippen molar-refractivity contribution in [3.8, 4) is 0 Å². The Morgan fingerprint density at radius 3 is 2.39 bits per heavy atom. The number of benzene rings is 1. The number of carbonyl (C=O) groups excluding carboxylic acids is 3. The van der Waals surface area contributed by atoms with E-state index in [-0.39, 0.29) is 17.7 Å². The van der Waals surface area contributed by atoms with Gasteiger partial charge in [-0.3, -0.25) is 19.3 Å². The molecule has 1 fully saturated rings. The van der Waals surface area contributed by atoms with Crippen LogP contribution in [0.2, 0.25) is 0 Å². The van der Waals surface area contributed by atoms with Crippen LogP contribution in [0.1, 0.15) is 23.3 Å². The summed E-state index contributed by atoms with van der Waals surface area (Å²) in [6.07, 6.45) is 0.960. The fraction of sp³-hybridized carbons (Fsp3) is 0.235. The van der Waals surface area contributed by atoms with Gasteiger partial charge in [-0.15, -0.1) is 11.3 Å². The summed E-state index contributed by atoms with van der Waals surface area (Å²) in [5, 5.41) is 4.78. The van der Waals surface area contributed by atoms with Crippen molar-refractivity contribution < 1.29 is 14.4 Å². The molecule has 1 aliphatic heterocycles. The molecule has 1 aromatic heterocycles. The zero-order chi connectivity index (χ0) is 16.2. The Balaban J connectivity index is 1.57. The van der Waals surface area contributed by atoms with Crippen molar-refractivity contribution >= 4 is 34.7 Å². The van der Waals surface area contributed by atoms with Crippen LogP contribution in [0.5, 0.6) is 0 Å². The lowest BCUT2D eigenvalue weighted by atomic mass is 10.2. The first-order valence-electron chi connectivity index (χ1n) is 7.36. The molecule has 5 nitrogen and oxygen atoms in total. The number of thiophene rings is 1. The van der Waals surface area contributed by atoms with E-state index in [2.05, 4.69) is 5.32 Å². The summed E-state index contributed by atoms with van der Waals surface area (Å²) >= 11 is 1.55. The van der Waals surface area contributed by atoms with E-state index >= 15 is 0 Å². The highest BCUT2D eigenvalue weighted by Gasteiger charge is 2.28. The Morgan fingerprint density at radius 1 is 1.09 bits per heavy atom. The molecule has 3 rings (SSSR count). The first-order valence-corrected chi connectivity index (χ1v) is 8.24. The van der Waals surface area contributed by atoms with E-state index in [0.29, 0.717) is 31.5 Å². The topological polar surface area (TPSA) is 66.5 Å². The minimum absolute atomic E-state index is 0.0647. The number of rotatable bonds is 5. The highest BCUT2D eigenvalue weighted by molar-refractivity contribution is 7.10. The molecule has 0 spiro atoms. The largest absolute Gasteiger partial charge is 0.326 e. The van der Waals surface area contributed by atoms with Crippen molar-refractivity contribution in [2.45, 2.75) is 25.8 Å². The second-order valence-corrected chi connectivity index (χ2v) is 6.41. The Kier molecular flexibility index (Phi) is 4.52. The monoisotopic (exact) mass is 328 g/mol. The molecular formula is C17H16N2O3S. The van der Waals surface area contributed by atoms with Crippen LogP contribution >= 0.6 is 11.3 Å².